The van der Waals surface area contributed by atoms with Crippen LogP contribution in [0.3, 0.4) is 0 Å². The Hall–Kier alpha value is -0.800. The first-order valence-corrected chi connectivity index (χ1v) is 5.44. The van der Waals surface area contributed by atoms with Crippen LogP contribution in [0, 0.1) is 0 Å². The fourth-order valence-corrected chi connectivity index (χ4v) is 1.35. The maximum atomic E-state index is 11.3. The number of carbonyl (C=O) groups excluding carboxylic acids is 1. The standard InChI is InChI=1S/C11H10BrClO2/c1-7(12)6-15-11-4-3-9(13)5-10(11)8(2)14/h3-5H,1,6H2,2H3. The van der Waals surface area contributed by atoms with Crippen molar-refractivity contribution in [2.75, 3.05) is 6.61 Å². The molecule has 0 fully saturated rings. The monoisotopic (exact) mass is 288 g/mol. The van der Waals surface area contributed by atoms with Crippen molar-refractivity contribution in [3.05, 3.63) is 39.8 Å². The molecule has 0 spiro atoms. The molecule has 2 nitrogen and oxygen atoms in total. The summed E-state index contributed by atoms with van der Waals surface area (Å²) in [5.41, 5.74) is 0.483. The fraction of sp³-hybridized carbons (Fsp3) is 0.182. The highest BCUT2D eigenvalue weighted by molar-refractivity contribution is 9.11. The summed E-state index contributed by atoms with van der Waals surface area (Å²) in [5, 5.41) is 0.519. The lowest BCUT2D eigenvalue weighted by Crippen LogP contribution is -2.02. The summed E-state index contributed by atoms with van der Waals surface area (Å²) in [7, 11) is 0. The van der Waals surface area contributed by atoms with Crippen molar-refractivity contribution in [1.82, 2.24) is 0 Å². The maximum absolute atomic E-state index is 11.3. The normalized spacial score (nSPS) is 9.80. The van der Waals surface area contributed by atoms with Crippen LogP contribution in [-0.2, 0) is 0 Å². The van der Waals surface area contributed by atoms with Gasteiger partial charge < -0.3 is 4.74 Å². The molecule has 0 aromatic heterocycles. The molecule has 1 aromatic carbocycles. The van der Waals surface area contributed by atoms with Crippen LogP contribution in [0.15, 0.2) is 29.3 Å². The van der Waals surface area contributed by atoms with Gasteiger partial charge in [-0.3, -0.25) is 4.79 Å². The van der Waals surface area contributed by atoms with Gasteiger partial charge in [-0.15, -0.1) is 0 Å². The minimum absolute atomic E-state index is 0.0762. The van der Waals surface area contributed by atoms with Crippen molar-refractivity contribution in [2.45, 2.75) is 6.92 Å². The highest BCUT2D eigenvalue weighted by Crippen LogP contribution is 2.24. The molecule has 0 heterocycles. The van der Waals surface area contributed by atoms with E-state index in [1.54, 1.807) is 18.2 Å². The zero-order valence-electron chi connectivity index (χ0n) is 8.22. The number of rotatable bonds is 4. The topological polar surface area (TPSA) is 26.3 Å². The summed E-state index contributed by atoms with van der Waals surface area (Å²) in [4.78, 5) is 11.3. The van der Waals surface area contributed by atoms with Crippen molar-refractivity contribution in [2.24, 2.45) is 0 Å². The molecule has 4 heteroatoms. The van der Waals surface area contributed by atoms with Gasteiger partial charge in [0.15, 0.2) is 5.78 Å². The molecular weight excluding hydrogens is 279 g/mol. The second-order valence-corrected chi connectivity index (χ2v) is 4.56. The van der Waals surface area contributed by atoms with Crippen molar-refractivity contribution in [3.63, 3.8) is 0 Å². The highest BCUT2D eigenvalue weighted by Gasteiger charge is 2.09. The van der Waals surface area contributed by atoms with Crippen molar-refractivity contribution < 1.29 is 9.53 Å². The van der Waals surface area contributed by atoms with Gasteiger partial charge in [0, 0.05) is 9.51 Å². The number of Topliss-reactive ketones (excluding diaryl/α,β-unsaturated/α-hetero) is 1. The summed E-state index contributed by atoms with van der Waals surface area (Å²) in [6.07, 6.45) is 0. The summed E-state index contributed by atoms with van der Waals surface area (Å²) in [6, 6.07) is 4.95. The largest absolute Gasteiger partial charge is 0.488 e. The molecule has 15 heavy (non-hydrogen) atoms. The summed E-state index contributed by atoms with van der Waals surface area (Å²) in [6.45, 7) is 5.44. The Morgan fingerprint density at radius 2 is 2.27 bits per heavy atom. The second-order valence-electron chi connectivity index (χ2n) is 3.00. The SMILES string of the molecule is C=C(Br)COc1ccc(Cl)cc1C(C)=O. The van der Waals surface area contributed by atoms with E-state index in [2.05, 4.69) is 22.5 Å². The molecule has 80 valence electrons. The van der Waals surface area contributed by atoms with Crippen LogP contribution in [-0.4, -0.2) is 12.4 Å². The number of carbonyl (C=O) groups is 1. The lowest BCUT2D eigenvalue weighted by molar-refractivity contribution is 0.101. The molecule has 0 radical (unpaired) electrons. The smallest absolute Gasteiger partial charge is 0.163 e. The van der Waals surface area contributed by atoms with Gasteiger partial charge in [-0.2, -0.15) is 0 Å². The third-order valence-electron chi connectivity index (χ3n) is 1.71. The van der Waals surface area contributed by atoms with Gasteiger partial charge in [-0.05, 0) is 25.1 Å². The zero-order valence-corrected chi connectivity index (χ0v) is 10.6. The highest BCUT2D eigenvalue weighted by atomic mass is 79.9. The number of ketones is 1. The van der Waals surface area contributed by atoms with Crippen LogP contribution >= 0.6 is 27.5 Å². The third kappa shape index (κ3) is 3.68. The Bertz CT molecular complexity index is 402. The molecule has 0 amide bonds. The first-order valence-electron chi connectivity index (χ1n) is 4.27. The quantitative estimate of drug-likeness (QED) is 0.787. The average Bonchev–Trinajstić information content (AvgIpc) is 2.15. The van der Waals surface area contributed by atoms with Crippen molar-refractivity contribution >= 4 is 33.3 Å². The minimum atomic E-state index is -0.0762. The molecular formula is C11H10BrClO2. The number of ether oxygens (including phenoxy) is 1. The van der Waals surface area contributed by atoms with E-state index in [4.69, 9.17) is 16.3 Å². The van der Waals surface area contributed by atoms with E-state index >= 15 is 0 Å². The molecule has 0 aliphatic carbocycles. The molecule has 0 atom stereocenters. The molecule has 0 bridgehead atoms. The van der Waals surface area contributed by atoms with E-state index in [-0.39, 0.29) is 5.78 Å². The van der Waals surface area contributed by atoms with Crippen LogP contribution in [0.25, 0.3) is 0 Å². The summed E-state index contributed by atoms with van der Waals surface area (Å²) in [5.74, 6) is 0.445. The molecule has 0 saturated carbocycles. The Morgan fingerprint density at radius 3 is 2.80 bits per heavy atom. The predicted molar refractivity (Wildman–Crippen MR) is 65.0 cm³/mol. The van der Waals surface area contributed by atoms with E-state index in [0.717, 1.165) is 0 Å². The van der Waals surface area contributed by atoms with Gasteiger partial charge in [-0.25, -0.2) is 0 Å². The Kier molecular flexibility index (Phi) is 4.36. The molecule has 0 unspecified atom stereocenters. The summed E-state index contributed by atoms with van der Waals surface area (Å²) < 4.78 is 6.10. The van der Waals surface area contributed by atoms with E-state index in [0.29, 0.717) is 27.4 Å². The zero-order chi connectivity index (χ0) is 11.4. The minimum Gasteiger partial charge on any atom is -0.488 e. The molecule has 1 rings (SSSR count). The van der Waals surface area contributed by atoms with E-state index in [9.17, 15) is 4.79 Å². The lowest BCUT2D eigenvalue weighted by atomic mass is 10.1. The number of benzene rings is 1. The number of hydrogen-bond acceptors (Lipinski definition) is 2. The van der Waals surface area contributed by atoms with Gasteiger partial charge in [0.25, 0.3) is 0 Å². The van der Waals surface area contributed by atoms with Crippen LogP contribution in [0.4, 0.5) is 0 Å². The van der Waals surface area contributed by atoms with Gasteiger partial charge in [0.1, 0.15) is 12.4 Å². The molecule has 0 N–H and O–H groups in total. The van der Waals surface area contributed by atoms with Crippen molar-refractivity contribution in [1.29, 1.82) is 0 Å². The second kappa shape index (κ2) is 5.33. The number of hydrogen-bond donors (Lipinski definition) is 0. The van der Waals surface area contributed by atoms with E-state index < -0.39 is 0 Å². The fourth-order valence-electron chi connectivity index (χ4n) is 1.06. The molecule has 0 saturated heterocycles. The molecule has 1 aromatic rings. The Labute approximate surface area is 102 Å². The third-order valence-corrected chi connectivity index (χ3v) is 2.17. The summed E-state index contributed by atoms with van der Waals surface area (Å²) >= 11 is 8.97. The van der Waals surface area contributed by atoms with Crippen molar-refractivity contribution in [3.8, 4) is 5.75 Å². The van der Waals surface area contributed by atoms with Gasteiger partial charge in [-0.1, -0.05) is 34.1 Å². The lowest BCUT2D eigenvalue weighted by Gasteiger charge is -2.09. The van der Waals surface area contributed by atoms with Gasteiger partial charge in [0.2, 0.25) is 0 Å². The predicted octanol–water partition coefficient (Wildman–Crippen LogP) is 3.83. The average molecular weight is 290 g/mol. The van der Waals surface area contributed by atoms with Gasteiger partial charge >= 0.3 is 0 Å². The van der Waals surface area contributed by atoms with Gasteiger partial charge in [0.05, 0.1) is 5.56 Å². The first kappa shape index (κ1) is 12.3. The van der Waals surface area contributed by atoms with Crippen LogP contribution < -0.4 is 4.74 Å². The number of halogens is 2. The Balaban J connectivity index is 2.95. The van der Waals surface area contributed by atoms with Crippen LogP contribution in [0.2, 0.25) is 5.02 Å². The maximum Gasteiger partial charge on any atom is 0.163 e. The van der Waals surface area contributed by atoms with E-state index in [1.807, 2.05) is 0 Å². The van der Waals surface area contributed by atoms with Crippen LogP contribution in [0.1, 0.15) is 17.3 Å². The van der Waals surface area contributed by atoms with E-state index in [1.165, 1.54) is 6.92 Å². The first-order chi connectivity index (χ1) is 7.00. The molecule has 0 aliphatic heterocycles. The molecule has 0 aliphatic rings. The Morgan fingerprint density at radius 1 is 1.60 bits per heavy atom. The van der Waals surface area contributed by atoms with Crippen LogP contribution in [0.5, 0.6) is 5.75 Å².